The molecule has 16 atom stereocenters. The Hall–Kier alpha value is -0.660. The van der Waals surface area contributed by atoms with Crippen molar-refractivity contribution in [1.82, 2.24) is 0 Å². The van der Waals surface area contributed by atoms with Crippen LogP contribution >= 0.6 is 0 Å². The number of fused-ring (bicyclic) bond motifs is 5. The van der Waals surface area contributed by atoms with Crippen molar-refractivity contribution in [2.75, 3.05) is 20.3 Å². The molecule has 0 amide bonds. The van der Waals surface area contributed by atoms with Crippen LogP contribution in [0.5, 0.6) is 0 Å². The minimum Gasteiger partial charge on any atom is -0.396 e. The van der Waals surface area contributed by atoms with Crippen LogP contribution in [0.25, 0.3) is 0 Å². The van der Waals surface area contributed by atoms with E-state index in [1.807, 2.05) is 13.0 Å². The van der Waals surface area contributed by atoms with E-state index < -0.39 is 71.4 Å². The lowest BCUT2D eigenvalue weighted by atomic mass is 9.43. The molecule has 10 heteroatoms. The number of methoxy groups -OCH3 is 1. The number of aliphatic hydroxyl groups is 7. The molecular formula is C33H56O10. The second kappa shape index (κ2) is 12.5. The third kappa shape index (κ3) is 5.55. The van der Waals surface area contributed by atoms with Crippen LogP contribution in [0.3, 0.4) is 0 Å². The lowest BCUT2D eigenvalue weighted by Gasteiger charge is -2.64. The summed E-state index contributed by atoms with van der Waals surface area (Å²) < 4.78 is 17.2. The highest BCUT2D eigenvalue weighted by Crippen LogP contribution is 2.69. The minimum atomic E-state index is -1.35. The maximum atomic E-state index is 12.6. The Morgan fingerprint density at radius 2 is 1.72 bits per heavy atom. The SMILES string of the molecule is COC1C(OC2C=C3C(O)CC4(O)C(CCC5(C)C(C(C)CCCC(C)CO)C(O)C(O)C54)C3(C)CC2)OCC(O)C1O. The monoisotopic (exact) mass is 612 g/mol. The van der Waals surface area contributed by atoms with Gasteiger partial charge in [0.25, 0.3) is 0 Å². The maximum absolute atomic E-state index is 12.6. The highest BCUT2D eigenvalue weighted by Gasteiger charge is 2.72. The molecule has 0 aromatic carbocycles. The zero-order chi connectivity index (χ0) is 31.5. The van der Waals surface area contributed by atoms with Gasteiger partial charge in [-0.3, -0.25) is 0 Å². The third-order valence-electron chi connectivity index (χ3n) is 12.6. The van der Waals surface area contributed by atoms with Crippen molar-refractivity contribution in [3.63, 3.8) is 0 Å². The van der Waals surface area contributed by atoms with Gasteiger partial charge in [0.05, 0.1) is 36.6 Å². The molecule has 3 saturated carbocycles. The summed E-state index contributed by atoms with van der Waals surface area (Å²) in [5.41, 5.74) is -1.53. The summed E-state index contributed by atoms with van der Waals surface area (Å²) in [5.74, 6) is -0.578. The van der Waals surface area contributed by atoms with E-state index in [9.17, 15) is 35.7 Å². The van der Waals surface area contributed by atoms with Gasteiger partial charge in [-0.05, 0) is 72.2 Å². The Kier molecular flexibility index (Phi) is 9.80. The number of aliphatic hydroxyl groups excluding tert-OH is 6. The summed E-state index contributed by atoms with van der Waals surface area (Å²) >= 11 is 0. The second-order valence-electron chi connectivity index (χ2n) is 15.2. The number of hydrogen-bond donors (Lipinski definition) is 7. The van der Waals surface area contributed by atoms with Gasteiger partial charge in [0.2, 0.25) is 0 Å². The van der Waals surface area contributed by atoms with Crippen LogP contribution in [0, 0.1) is 40.4 Å². The molecule has 0 radical (unpaired) electrons. The van der Waals surface area contributed by atoms with Crippen molar-refractivity contribution < 1.29 is 50.0 Å². The summed E-state index contributed by atoms with van der Waals surface area (Å²) in [6.07, 6.45) is 0.172. The number of rotatable bonds is 9. The van der Waals surface area contributed by atoms with Gasteiger partial charge in [-0.2, -0.15) is 0 Å². The maximum Gasteiger partial charge on any atom is 0.187 e. The Morgan fingerprint density at radius 3 is 2.40 bits per heavy atom. The number of hydrogen-bond acceptors (Lipinski definition) is 10. The molecule has 4 aliphatic carbocycles. The highest BCUT2D eigenvalue weighted by atomic mass is 16.7. The lowest BCUT2D eigenvalue weighted by molar-refractivity contribution is -0.285. The fraction of sp³-hybridized carbons (Fsp3) is 0.939. The minimum absolute atomic E-state index is 0.0693. The highest BCUT2D eigenvalue weighted by molar-refractivity contribution is 5.33. The van der Waals surface area contributed by atoms with E-state index in [-0.39, 0.29) is 43.3 Å². The summed E-state index contributed by atoms with van der Waals surface area (Å²) in [5, 5.41) is 77.0. The van der Waals surface area contributed by atoms with Crippen LogP contribution in [0.4, 0.5) is 0 Å². The van der Waals surface area contributed by atoms with Crippen LogP contribution in [0.1, 0.15) is 79.1 Å². The summed E-state index contributed by atoms with van der Waals surface area (Å²) in [6, 6.07) is 0. The molecule has 43 heavy (non-hydrogen) atoms. The van der Waals surface area contributed by atoms with Gasteiger partial charge in [-0.25, -0.2) is 0 Å². The number of ether oxygens (including phenoxy) is 3. The largest absolute Gasteiger partial charge is 0.396 e. The van der Waals surface area contributed by atoms with Gasteiger partial charge in [-0.1, -0.05) is 46.6 Å². The molecule has 0 aromatic rings. The lowest BCUT2D eigenvalue weighted by Crippen LogP contribution is -2.66. The molecule has 0 spiro atoms. The predicted octanol–water partition coefficient (Wildman–Crippen LogP) is 1.51. The van der Waals surface area contributed by atoms with Crippen molar-refractivity contribution in [3.8, 4) is 0 Å². The van der Waals surface area contributed by atoms with Crippen molar-refractivity contribution in [2.24, 2.45) is 40.4 Å². The Morgan fingerprint density at radius 1 is 1.00 bits per heavy atom. The fourth-order valence-corrected chi connectivity index (χ4v) is 10.5. The molecule has 0 aromatic heterocycles. The van der Waals surface area contributed by atoms with Crippen LogP contribution < -0.4 is 0 Å². The predicted molar refractivity (Wildman–Crippen MR) is 158 cm³/mol. The molecule has 0 bridgehead atoms. The van der Waals surface area contributed by atoms with E-state index in [0.29, 0.717) is 12.8 Å². The van der Waals surface area contributed by atoms with Gasteiger partial charge in [0, 0.05) is 26.1 Å². The van der Waals surface area contributed by atoms with E-state index in [1.165, 1.54) is 7.11 Å². The van der Waals surface area contributed by atoms with E-state index in [2.05, 4.69) is 20.8 Å². The van der Waals surface area contributed by atoms with E-state index in [4.69, 9.17) is 14.2 Å². The van der Waals surface area contributed by atoms with E-state index in [1.54, 1.807) is 0 Å². The summed E-state index contributed by atoms with van der Waals surface area (Å²) in [6.45, 7) is 8.48. The summed E-state index contributed by atoms with van der Waals surface area (Å²) in [7, 11) is 1.43. The van der Waals surface area contributed by atoms with E-state index in [0.717, 1.165) is 37.7 Å². The van der Waals surface area contributed by atoms with Crippen LogP contribution in [-0.4, -0.2) is 111 Å². The third-order valence-corrected chi connectivity index (χ3v) is 12.6. The zero-order valence-corrected chi connectivity index (χ0v) is 26.5. The van der Waals surface area contributed by atoms with Gasteiger partial charge in [0.15, 0.2) is 6.29 Å². The molecule has 5 rings (SSSR count). The molecule has 248 valence electrons. The average molecular weight is 613 g/mol. The van der Waals surface area contributed by atoms with Crippen molar-refractivity contribution in [2.45, 2.75) is 134 Å². The van der Waals surface area contributed by atoms with E-state index >= 15 is 0 Å². The molecule has 10 nitrogen and oxygen atoms in total. The Balaban J connectivity index is 1.36. The van der Waals surface area contributed by atoms with Crippen LogP contribution in [-0.2, 0) is 14.2 Å². The Labute approximate surface area is 256 Å². The first-order valence-corrected chi connectivity index (χ1v) is 16.5. The summed E-state index contributed by atoms with van der Waals surface area (Å²) in [4.78, 5) is 0. The standard InChI is InChI=1S/C33H56O10/c1-17(15-34)7-6-8-18(2)24-26(38)27(39)29-32(24,4)12-10-23-31(3)11-9-19(13-20(31)21(35)14-33(23,29)40)43-30-28(41-5)25(37)22(36)16-42-30/h13,17-19,21-30,34-40H,6-12,14-16H2,1-5H3. The fourth-order valence-electron chi connectivity index (χ4n) is 10.5. The van der Waals surface area contributed by atoms with Crippen molar-refractivity contribution in [3.05, 3.63) is 11.6 Å². The van der Waals surface area contributed by atoms with Gasteiger partial charge >= 0.3 is 0 Å². The zero-order valence-electron chi connectivity index (χ0n) is 26.5. The topological polar surface area (TPSA) is 169 Å². The van der Waals surface area contributed by atoms with Crippen LogP contribution in [0.15, 0.2) is 11.6 Å². The normalized spacial score (nSPS) is 51.2. The van der Waals surface area contributed by atoms with Gasteiger partial charge < -0.3 is 50.0 Å². The molecule has 1 heterocycles. The molecule has 4 fully saturated rings. The average Bonchev–Trinajstić information content (AvgIpc) is 3.16. The van der Waals surface area contributed by atoms with Crippen molar-refractivity contribution >= 4 is 0 Å². The van der Waals surface area contributed by atoms with Gasteiger partial charge in [-0.15, -0.1) is 0 Å². The Bertz CT molecular complexity index is 1010. The smallest absolute Gasteiger partial charge is 0.187 e. The van der Waals surface area contributed by atoms with Crippen molar-refractivity contribution in [1.29, 1.82) is 0 Å². The molecule has 5 aliphatic rings. The first-order valence-electron chi connectivity index (χ1n) is 16.5. The quantitative estimate of drug-likeness (QED) is 0.190. The first kappa shape index (κ1) is 33.7. The molecular weight excluding hydrogens is 556 g/mol. The van der Waals surface area contributed by atoms with Gasteiger partial charge in [0.1, 0.15) is 18.3 Å². The first-order chi connectivity index (χ1) is 20.2. The van der Waals surface area contributed by atoms with Crippen LogP contribution in [0.2, 0.25) is 0 Å². The molecule has 7 N–H and O–H groups in total. The molecule has 16 unspecified atom stereocenters. The molecule has 1 saturated heterocycles. The second-order valence-corrected chi connectivity index (χ2v) is 15.2. The molecule has 1 aliphatic heterocycles.